The molecule has 1 amide bonds. The Morgan fingerprint density at radius 2 is 1.89 bits per heavy atom. The zero-order valence-electron chi connectivity index (χ0n) is 11.1. The maximum absolute atomic E-state index is 12.2. The molecule has 1 saturated carbocycles. The van der Waals surface area contributed by atoms with E-state index in [2.05, 4.69) is 0 Å². The Labute approximate surface area is 113 Å². The summed E-state index contributed by atoms with van der Waals surface area (Å²) in [5.74, 6) is -0.979. The van der Waals surface area contributed by atoms with Gasteiger partial charge >= 0.3 is 5.97 Å². The minimum atomic E-state index is -0.980. The zero-order valence-corrected chi connectivity index (χ0v) is 11.1. The molecule has 1 aromatic carbocycles. The van der Waals surface area contributed by atoms with Crippen LogP contribution in [0.2, 0.25) is 0 Å². The molecule has 1 aliphatic rings. The highest BCUT2D eigenvalue weighted by atomic mass is 16.4. The van der Waals surface area contributed by atoms with Gasteiger partial charge in [-0.1, -0.05) is 31.0 Å². The van der Waals surface area contributed by atoms with Crippen LogP contribution < -0.4 is 0 Å². The van der Waals surface area contributed by atoms with E-state index in [-0.39, 0.29) is 17.9 Å². The minimum Gasteiger partial charge on any atom is -0.478 e. The maximum Gasteiger partial charge on any atom is 0.335 e. The van der Waals surface area contributed by atoms with Gasteiger partial charge in [0.1, 0.15) is 0 Å². The van der Waals surface area contributed by atoms with Crippen LogP contribution in [0.4, 0.5) is 0 Å². The summed E-state index contributed by atoms with van der Waals surface area (Å²) in [7, 11) is 1.82. The van der Waals surface area contributed by atoms with E-state index in [1.807, 2.05) is 7.05 Å². The van der Waals surface area contributed by atoms with Gasteiger partial charge in [-0.15, -0.1) is 0 Å². The van der Waals surface area contributed by atoms with Crippen LogP contribution in [0.5, 0.6) is 0 Å². The van der Waals surface area contributed by atoms with Crippen molar-refractivity contribution in [3.05, 3.63) is 35.4 Å². The standard InChI is InChI=1S/C15H19NO3/c1-16(12-7-3-4-8-12)14(17)10-11-6-2-5-9-13(11)15(18)19/h2,5-6,9,12H,3-4,7-8,10H2,1H3,(H,18,19). The molecule has 0 atom stereocenters. The molecule has 1 aromatic rings. The summed E-state index contributed by atoms with van der Waals surface area (Å²) in [5.41, 5.74) is 0.806. The van der Waals surface area contributed by atoms with Crippen molar-refractivity contribution in [3.63, 3.8) is 0 Å². The van der Waals surface area contributed by atoms with Crippen molar-refractivity contribution in [1.82, 2.24) is 4.90 Å². The average Bonchev–Trinajstić information content (AvgIpc) is 2.92. The van der Waals surface area contributed by atoms with Gasteiger partial charge in [0, 0.05) is 13.1 Å². The van der Waals surface area contributed by atoms with Gasteiger partial charge in [-0.25, -0.2) is 4.79 Å². The van der Waals surface area contributed by atoms with E-state index in [9.17, 15) is 9.59 Å². The summed E-state index contributed by atoms with van der Waals surface area (Å²) in [4.78, 5) is 25.1. The molecule has 0 bridgehead atoms. The number of nitrogens with zero attached hydrogens (tertiary/aromatic N) is 1. The fraction of sp³-hybridized carbons (Fsp3) is 0.467. The van der Waals surface area contributed by atoms with Gasteiger partial charge in [0.2, 0.25) is 5.91 Å². The van der Waals surface area contributed by atoms with Crippen molar-refractivity contribution < 1.29 is 14.7 Å². The highest BCUT2D eigenvalue weighted by Gasteiger charge is 2.24. The van der Waals surface area contributed by atoms with E-state index in [1.165, 1.54) is 12.8 Å². The normalized spacial score (nSPS) is 15.4. The Morgan fingerprint density at radius 1 is 1.26 bits per heavy atom. The number of hydrogen-bond donors (Lipinski definition) is 1. The van der Waals surface area contributed by atoms with Crippen molar-refractivity contribution in [2.24, 2.45) is 0 Å². The molecule has 4 heteroatoms. The molecule has 1 aliphatic carbocycles. The van der Waals surface area contributed by atoms with Crippen LogP contribution >= 0.6 is 0 Å². The van der Waals surface area contributed by atoms with E-state index in [0.717, 1.165) is 12.8 Å². The van der Waals surface area contributed by atoms with E-state index in [4.69, 9.17) is 5.11 Å². The molecular weight excluding hydrogens is 242 g/mol. The number of rotatable bonds is 4. The van der Waals surface area contributed by atoms with Gasteiger partial charge in [0.15, 0.2) is 0 Å². The van der Waals surface area contributed by atoms with Crippen LogP contribution in [0.25, 0.3) is 0 Å². The molecule has 0 saturated heterocycles. The van der Waals surface area contributed by atoms with E-state index in [1.54, 1.807) is 29.2 Å². The average molecular weight is 261 g/mol. The molecule has 1 fully saturated rings. The third-order valence-corrected chi connectivity index (χ3v) is 3.86. The molecule has 0 heterocycles. The lowest BCUT2D eigenvalue weighted by molar-refractivity contribution is -0.131. The molecule has 4 nitrogen and oxygen atoms in total. The van der Waals surface area contributed by atoms with Gasteiger partial charge in [0.25, 0.3) is 0 Å². The second kappa shape index (κ2) is 5.87. The molecule has 0 spiro atoms. The van der Waals surface area contributed by atoms with Crippen molar-refractivity contribution in [1.29, 1.82) is 0 Å². The van der Waals surface area contributed by atoms with Crippen LogP contribution in [0.3, 0.4) is 0 Å². The number of amides is 1. The van der Waals surface area contributed by atoms with Crippen LogP contribution in [0.1, 0.15) is 41.6 Å². The number of carbonyl (C=O) groups is 2. The molecular formula is C15H19NO3. The number of likely N-dealkylation sites (N-methyl/N-ethyl adjacent to an activating group) is 1. The Hall–Kier alpha value is -1.84. The molecule has 1 N–H and O–H groups in total. The first kappa shape index (κ1) is 13.6. The highest BCUT2D eigenvalue weighted by Crippen LogP contribution is 2.23. The number of benzene rings is 1. The largest absolute Gasteiger partial charge is 0.478 e. The smallest absolute Gasteiger partial charge is 0.335 e. The van der Waals surface area contributed by atoms with E-state index < -0.39 is 5.97 Å². The van der Waals surface area contributed by atoms with Gasteiger partial charge in [-0.2, -0.15) is 0 Å². The Balaban J connectivity index is 2.08. The van der Waals surface area contributed by atoms with Gasteiger partial charge in [-0.05, 0) is 24.5 Å². The van der Waals surface area contributed by atoms with E-state index >= 15 is 0 Å². The third-order valence-electron chi connectivity index (χ3n) is 3.86. The summed E-state index contributed by atoms with van der Waals surface area (Å²) in [6, 6.07) is 7.03. The van der Waals surface area contributed by atoms with Crippen LogP contribution in [-0.2, 0) is 11.2 Å². The Bertz CT molecular complexity index is 478. The molecule has 2 rings (SSSR count). The molecule has 0 unspecified atom stereocenters. The molecule has 19 heavy (non-hydrogen) atoms. The lowest BCUT2D eigenvalue weighted by Gasteiger charge is -2.24. The monoisotopic (exact) mass is 261 g/mol. The third kappa shape index (κ3) is 3.13. The van der Waals surface area contributed by atoms with Crippen molar-refractivity contribution in [3.8, 4) is 0 Å². The number of carboxylic acid groups (broad SMARTS) is 1. The molecule has 0 aliphatic heterocycles. The van der Waals surface area contributed by atoms with Crippen LogP contribution in [-0.4, -0.2) is 35.0 Å². The second-order valence-electron chi connectivity index (χ2n) is 5.08. The molecule has 0 radical (unpaired) electrons. The van der Waals surface area contributed by atoms with Crippen molar-refractivity contribution in [2.45, 2.75) is 38.1 Å². The van der Waals surface area contributed by atoms with Gasteiger partial charge in [-0.3, -0.25) is 4.79 Å². The number of hydrogen-bond acceptors (Lipinski definition) is 2. The summed E-state index contributed by atoms with van der Waals surface area (Å²) >= 11 is 0. The Morgan fingerprint density at radius 3 is 2.53 bits per heavy atom. The summed E-state index contributed by atoms with van der Waals surface area (Å²) in [6.45, 7) is 0. The second-order valence-corrected chi connectivity index (χ2v) is 5.08. The Kier molecular flexibility index (Phi) is 4.20. The number of aromatic carboxylic acids is 1. The molecule has 102 valence electrons. The summed E-state index contributed by atoms with van der Waals surface area (Å²) in [5, 5.41) is 9.10. The predicted molar refractivity (Wildman–Crippen MR) is 72.1 cm³/mol. The van der Waals surface area contributed by atoms with E-state index in [0.29, 0.717) is 11.6 Å². The fourth-order valence-corrected chi connectivity index (χ4v) is 2.67. The molecule has 0 aromatic heterocycles. The van der Waals surface area contributed by atoms with Gasteiger partial charge < -0.3 is 10.0 Å². The topological polar surface area (TPSA) is 57.6 Å². The highest BCUT2D eigenvalue weighted by molar-refractivity contribution is 5.91. The quantitative estimate of drug-likeness (QED) is 0.905. The van der Waals surface area contributed by atoms with Crippen molar-refractivity contribution >= 4 is 11.9 Å². The predicted octanol–water partition coefficient (Wildman–Crippen LogP) is 2.33. The maximum atomic E-state index is 12.2. The lowest BCUT2D eigenvalue weighted by atomic mass is 10.0. The van der Waals surface area contributed by atoms with Gasteiger partial charge in [0.05, 0.1) is 12.0 Å². The first-order valence-corrected chi connectivity index (χ1v) is 6.66. The van der Waals surface area contributed by atoms with Crippen LogP contribution in [0, 0.1) is 0 Å². The zero-order chi connectivity index (χ0) is 13.8. The first-order chi connectivity index (χ1) is 9.09. The fourth-order valence-electron chi connectivity index (χ4n) is 2.67. The summed E-state index contributed by atoms with van der Waals surface area (Å²) < 4.78 is 0. The lowest BCUT2D eigenvalue weighted by Crippen LogP contribution is -2.36. The first-order valence-electron chi connectivity index (χ1n) is 6.66. The number of carboxylic acids is 1. The van der Waals surface area contributed by atoms with Crippen molar-refractivity contribution in [2.75, 3.05) is 7.05 Å². The number of carbonyl (C=O) groups excluding carboxylic acids is 1. The minimum absolute atomic E-state index is 0.000556. The summed E-state index contributed by atoms with van der Waals surface area (Å²) in [6.07, 6.45) is 4.63. The SMILES string of the molecule is CN(C(=O)Cc1ccccc1C(=O)O)C1CCCC1. The van der Waals surface area contributed by atoms with Crippen LogP contribution in [0.15, 0.2) is 24.3 Å².